The molecule has 0 saturated heterocycles. The number of esters is 1. The SMILES string of the molecule is CCCCN1C=CN(C)C1OC(=O)Cc1cccc2ccccc12. The number of unbranched alkanes of at least 4 members (excludes halogenated alkanes) is 1. The van der Waals surface area contributed by atoms with Gasteiger partial charge in [0.05, 0.1) is 6.42 Å². The standard InChI is InChI=1S/C20H24N2O2/c1-3-4-12-22-14-13-21(2)20(22)24-19(23)15-17-10-7-9-16-8-5-6-11-18(16)17/h5-11,13-14,20H,3-4,12,15H2,1-2H3. The average molecular weight is 324 g/mol. The van der Waals surface area contributed by atoms with Gasteiger partial charge in [-0.3, -0.25) is 4.79 Å². The van der Waals surface area contributed by atoms with Gasteiger partial charge in [-0.15, -0.1) is 0 Å². The van der Waals surface area contributed by atoms with E-state index in [1.807, 2.05) is 48.6 Å². The summed E-state index contributed by atoms with van der Waals surface area (Å²) < 4.78 is 5.74. The molecular weight excluding hydrogens is 300 g/mol. The highest BCUT2D eigenvalue weighted by Crippen LogP contribution is 2.21. The van der Waals surface area contributed by atoms with Crippen molar-refractivity contribution in [1.29, 1.82) is 0 Å². The van der Waals surface area contributed by atoms with Crippen molar-refractivity contribution in [3.05, 3.63) is 60.4 Å². The highest BCUT2D eigenvalue weighted by Gasteiger charge is 2.27. The van der Waals surface area contributed by atoms with Gasteiger partial charge in [-0.05, 0) is 22.8 Å². The molecule has 126 valence electrons. The van der Waals surface area contributed by atoms with E-state index in [1.54, 1.807) is 0 Å². The molecule has 4 heteroatoms. The van der Waals surface area contributed by atoms with Gasteiger partial charge in [-0.2, -0.15) is 0 Å². The molecule has 2 aromatic rings. The Morgan fingerprint density at radius 2 is 1.92 bits per heavy atom. The molecule has 1 heterocycles. The molecule has 0 spiro atoms. The Morgan fingerprint density at radius 1 is 1.12 bits per heavy atom. The van der Waals surface area contributed by atoms with E-state index in [0.717, 1.165) is 35.7 Å². The lowest BCUT2D eigenvalue weighted by molar-refractivity contribution is -0.166. The van der Waals surface area contributed by atoms with Gasteiger partial charge in [0, 0.05) is 26.0 Å². The summed E-state index contributed by atoms with van der Waals surface area (Å²) in [7, 11) is 1.93. The van der Waals surface area contributed by atoms with E-state index < -0.39 is 0 Å². The third-order valence-electron chi connectivity index (χ3n) is 4.35. The highest BCUT2D eigenvalue weighted by atomic mass is 16.6. The van der Waals surface area contributed by atoms with Crippen molar-refractivity contribution in [1.82, 2.24) is 9.80 Å². The molecule has 1 aliphatic rings. The lowest BCUT2D eigenvalue weighted by atomic mass is 10.0. The average Bonchev–Trinajstić information content (AvgIpc) is 2.93. The van der Waals surface area contributed by atoms with E-state index in [-0.39, 0.29) is 18.7 Å². The third kappa shape index (κ3) is 3.53. The Morgan fingerprint density at radius 3 is 2.75 bits per heavy atom. The normalized spacial score (nSPS) is 16.8. The van der Waals surface area contributed by atoms with E-state index in [9.17, 15) is 4.79 Å². The minimum absolute atomic E-state index is 0.201. The summed E-state index contributed by atoms with van der Waals surface area (Å²) in [6.45, 7) is 3.05. The van der Waals surface area contributed by atoms with Crippen LogP contribution in [0.5, 0.6) is 0 Å². The van der Waals surface area contributed by atoms with Crippen LogP contribution in [0.2, 0.25) is 0 Å². The Kier molecular flexibility index (Phi) is 5.04. The number of carbonyl (C=O) groups is 1. The fourth-order valence-electron chi connectivity index (χ4n) is 3.01. The topological polar surface area (TPSA) is 32.8 Å². The summed E-state index contributed by atoms with van der Waals surface area (Å²) in [5, 5.41) is 2.25. The number of nitrogens with zero attached hydrogens (tertiary/aromatic N) is 2. The van der Waals surface area contributed by atoms with Crippen LogP contribution in [0.15, 0.2) is 54.9 Å². The number of hydrogen-bond donors (Lipinski definition) is 0. The zero-order chi connectivity index (χ0) is 16.9. The fraction of sp³-hybridized carbons (Fsp3) is 0.350. The van der Waals surface area contributed by atoms with Gasteiger partial charge in [-0.1, -0.05) is 55.8 Å². The first kappa shape index (κ1) is 16.4. The van der Waals surface area contributed by atoms with E-state index >= 15 is 0 Å². The molecule has 0 saturated carbocycles. The van der Waals surface area contributed by atoms with Crippen LogP contribution < -0.4 is 0 Å². The van der Waals surface area contributed by atoms with Crippen molar-refractivity contribution >= 4 is 16.7 Å². The Balaban J connectivity index is 1.68. The smallest absolute Gasteiger partial charge is 0.313 e. The van der Waals surface area contributed by atoms with Crippen LogP contribution in [0.4, 0.5) is 0 Å². The van der Waals surface area contributed by atoms with Crippen molar-refractivity contribution < 1.29 is 9.53 Å². The second kappa shape index (κ2) is 7.39. The molecule has 2 aromatic carbocycles. The maximum atomic E-state index is 12.5. The first-order valence-electron chi connectivity index (χ1n) is 8.51. The van der Waals surface area contributed by atoms with E-state index in [1.165, 1.54) is 0 Å². The van der Waals surface area contributed by atoms with E-state index in [4.69, 9.17) is 4.74 Å². The lowest BCUT2D eigenvalue weighted by Gasteiger charge is -2.29. The van der Waals surface area contributed by atoms with Crippen molar-refractivity contribution in [3.63, 3.8) is 0 Å². The minimum Gasteiger partial charge on any atom is -0.422 e. The maximum absolute atomic E-state index is 12.5. The summed E-state index contributed by atoms with van der Waals surface area (Å²) in [6.07, 6.45) is 6.09. The quantitative estimate of drug-likeness (QED) is 0.758. The molecule has 0 radical (unpaired) electrons. The zero-order valence-corrected chi connectivity index (χ0v) is 14.3. The molecule has 0 aromatic heterocycles. The van der Waals surface area contributed by atoms with Crippen LogP contribution in [0.1, 0.15) is 25.3 Å². The molecule has 1 unspecified atom stereocenters. The number of benzene rings is 2. The Hall–Kier alpha value is -2.49. The molecule has 0 fully saturated rings. The summed E-state index contributed by atoms with van der Waals surface area (Å²) >= 11 is 0. The van der Waals surface area contributed by atoms with Gasteiger partial charge in [0.25, 0.3) is 6.35 Å². The first-order chi connectivity index (χ1) is 11.7. The number of ether oxygens (including phenoxy) is 1. The lowest BCUT2D eigenvalue weighted by Crippen LogP contribution is -2.41. The maximum Gasteiger partial charge on any atom is 0.313 e. The summed E-state index contributed by atoms with van der Waals surface area (Å²) in [4.78, 5) is 16.5. The molecule has 1 atom stereocenters. The molecule has 0 bridgehead atoms. The fourth-order valence-corrected chi connectivity index (χ4v) is 3.01. The summed E-state index contributed by atoms with van der Waals surface area (Å²) in [5.74, 6) is -0.201. The zero-order valence-electron chi connectivity index (χ0n) is 14.3. The van der Waals surface area contributed by atoms with Crippen molar-refractivity contribution in [2.45, 2.75) is 32.5 Å². The van der Waals surface area contributed by atoms with Crippen LogP contribution in [0.25, 0.3) is 10.8 Å². The second-order valence-electron chi connectivity index (χ2n) is 6.19. The largest absolute Gasteiger partial charge is 0.422 e. The number of carbonyl (C=O) groups excluding carboxylic acids is 1. The molecule has 3 rings (SSSR count). The monoisotopic (exact) mass is 324 g/mol. The van der Waals surface area contributed by atoms with Gasteiger partial charge in [-0.25, -0.2) is 0 Å². The predicted molar refractivity (Wildman–Crippen MR) is 96.0 cm³/mol. The minimum atomic E-state index is -0.334. The van der Waals surface area contributed by atoms with Crippen molar-refractivity contribution in [3.8, 4) is 0 Å². The van der Waals surface area contributed by atoms with Gasteiger partial charge < -0.3 is 14.5 Å². The number of fused-ring (bicyclic) bond motifs is 1. The van der Waals surface area contributed by atoms with Crippen LogP contribution in [0, 0.1) is 0 Å². The summed E-state index contributed by atoms with van der Waals surface area (Å²) in [6, 6.07) is 14.2. The Labute approximate surface area is 143 Å². The van der Waals surface area contributed by atoms with Crippen LogP contribution >= 0.6 is 0 Å². The third-order valence-corrected chi connectivity index (χ3v) is 4.35. The van der Waals surface area contributed by atoms with Crippen LogP contribution in [0.3, 0.4) is 0 Å². The van der Waals surface area contributed by atoms with Gasteiger partial charge in [0.15, 0.2) is 0 Å². The van der Waals surface area contributed by atoms with Crippen LogP contribution in [-0.4, -0.2) is 35.7 Å². The van der Waals surface area contributed by atoms with E-state index in [0.29, 0.717) is 0 Å². The number of rotatable bonds is 6. The van der Waals surface area contributed by atoms with Gasteiger partial charge in [0.1, 0.15) is 0 Å². The molecule has 4 nitrogen and oxygen atoms in total. The number of hydrogen-bond acceptors (Lipinski definition) is 4. The summed E-state index contributed by atoms with van der Waals surface area (Å²) in [5.41, 5.74) is 1.01. The Bertz CT molecular complexity index is 736. The van der Waals surface area contributed by atoms with Gasteiger partial charge in [0.2, 0.25) is 0 Å². The van der Waals surface area contributed by atoms with Crippen LogP contribution in [-0.2, 0) is 16.0 Å². The molecule has 1 aliphatic heterocycles. The molecule has 0 amide bonds. The van der Waals surface area contributed by atoms with Crippen molar-refractivity contribution in [2.24, 2.45) is 0 Å². The highest BCUT2D eigenvalue weighted by molar-refractivity contribution is 5.89. The first-order valence-corrected chi connectivity index (χ1v) is 8.51. The molecular formula is C20H24N2O2. The second-order valence-corrected chi connectivity index (χ2v) is 6.19. The predicted octanol–water partition coefficient (Wildman–Crippen LogP) is 3.73. The molecule has 0 N–H and O–H groups in total. The van der Waals surface area contributed by atoms with Crippen molar-refractivity contribution in [2.75, 3.05) is 13.6 Å². The van der Waals surface area contributed by atoms with Gasteiger partial charge >= 0.3 is 5.97 Å². The van der Waals surface area contributed by atoms with E-state index in [2.05, 4.69) is 30.0 Å². The molecule has 24 heavy (non-hydrogen) atoms. The molecule has 0 aliphatic carbocycles.